The molecule has 0 unspecified atom stereocenters. The van der Waals surface area contributed by atoms with Gasteiger partial charge in [-0.15, -0.1) is 0 Å². The molecule has 29 heavy (non-hydrogen) atoms. The van der Waals surface area contributed by atoms with Crippen LogP contribution >= 0.6 is 11.8 Å². The maximum absolute atomic E-state index is 6.06. The Labute approximate surface area is 177 Å². The summed E-state index contributed by atoms with van der Waals surface area (Å²) in [5.74, 6) is 3.29. The molecule has 2 saturated heterocycles. The molecule has 0 aliphatic carbocycles. The molecule has 2 aliphatic heterocycles. The number of ether oxygens (including phenoxy) is 3. The summed E-state index contributed by atoms with van der Waals surface area (Å²) in [6.07, 6.45) is 2.91. The number of hydrogen-bond acceptors (Lipinski definition) is 6. The largest absolute Gasteiger partial charge is 0.487 e. The van der Waals surface area contributed by atoms with Crippen LogP contribution in [-0.2, 0) is 22.5 Å². The van der Waals surface area contributed by atoms with Gasteiger partial charge in [-0.2, -0.15) is 11.8 Å². The van der Waals surface area contributed by atoms with E-state index in [-0.39, 0.29) is 0 Å². The van der Waals surface area contributed by atoms with Gasteiger partial charge in [0.15, 0.2) is 0 Å². The molecule has 1 aromatic heterocycles. The van der Waals surface area contributed by atoms with Crippen LogP contribution in [0.25, 0.3) is 0 Å². The Morgan fingerprint density at radius 3 is 2.59 bits per heavy atom. The third kappa shape index (κ3) is 6.19. The van der Waals surface area contributed by atoms with Crippen molar-refractivity contribution in [2.45, 2.75) is 32.2 Å². The smallest absolute Gasteiger partial charge is 0.205 e. The van der Waals surface area contributed by atoms with E-state index in [0.717, 1.165) is 35.5 Å². The second-order valence-electron chi connectivity index (χ2n) is 7.44. The van der Waals surface area contributed by atoms with Gasteiger partial charge < -0.3 is 19.1 Å². The first-order valence-electron chi connectivity index (χ1n) is 10.6. The minimum Gasteiger partial charge on any atom is -0.487 e. The highest BCUT2D eigenvalue weighted by Gasteiger charge is 2.24. The fraction of sp³-hybridized carbons (Fsp3) is 0.522. The van der Waals surface area contributed by atoms with E-state index in [2.05, 4.69) is 34.9 Å². The van der Waals surface area contributed by atoms with Crippen molar-refractivity contribution >= 4 is 11.8 Å². The zero-order valence-corrected chi connectivity index (χ0v) is 17.7. The first-order valence-corrected chi connectivity index (χ1v) is 11.7. The second-order valence-corrected chi connectivity index (χ2v) is 8.67. The fourth-order valence-electron chi connectivity index (χ4n) is 3.65. The molecule has 2 fully saturated rings. The average molecular weight is 415 g/mol. The molecule has 2 aromatic rings. The summed E-state index contributed by atoms with van der Waals surface area (Å²) in [6.45, 7) is 5.37. The van der Waals surface area contributed by atoms with Crippen LogP contribution in [0.2, 0.25) is 0 Å². The third-order valence-corrected chi connectivity index (χ3v) is 6.23. The predicted octanol–water partition coefficient (Wildman–Crippen LogP) is 4.08. The van der Waals surface area contributed by atoms with Crippen molar-refractivity contribution in [2.24, 2.45) is 0 Å². The standard InChI is InChI=1S/C23H30N2O3S/c1-2-6-19(7-3-1)18-28-21-10-9-20(24-22(21)23-26-14-15-27-23)8-4-5-11-25-12-16-29-17-13-25/h1-3,6-7,9-10,23H,4-5,8,11-18H2. The van der Waals surface area contributed by atoms with E-state index < -0.39 is 6.29 Å². The van der Waals surface area contributed by atoms with Gasteiger partial charge in [-0.3, -0.25) is 0 Å². The summed E-state index contributed by atoms with van der Waals surface area (Å²) in [6, 6.07) is 14.3. The van der Waals surface area contributed by atoms with E-state index in [1.54, 1.807) is 0 Å². The molecular formula is C23H30N2O3S. The van der Waals surface area contributed by atoms with Crippen LogP contribution in [0.3, 0.4) is 0 Å². The predicted molar refractivity (Wildman–Crippen MR) is 116 cm³/mol. The Kier molecular flexibility index (Phi) is 7.82. The van der Waals surface area contributed by atoms with Gasteiger partial charge in [-0.1, -0.05) is 30.3 Å². The number of rotatable bonds is 9. The number of unbranched alkanes of at least 4 members (excludes halogenated alkanes) is 1. The van der Waals surface area contributed by atoms with Gasteiger partial charge >= 0.3 is 0 Å². The highest BCUT2D eigenvalue weighted by Crippen LogP contribution is 2.30. The molecule has 3 heterocycles. The number of pyridine rings is 1. The van der Waals surface area contributed by atoms with Crippen LogP contribution in [0.5, 0.6) is 5.75 Å². The molecule has 0 radical (unpaired) electrons. The molecule has 2 aliphatic rings. The average Bonchev–Trinajstić information content (AvgIpc) is 3.32. The number of benzene rings is 1. The van der Waals surface area contributed by atoms with Crippen LogP contribution in [0.4, 0.5) is 0 Å². The third-order valence-electron chi connectivity index (χ3n) is 5.29. The minimum atomic E-state index is -0.424. The zero-order valence-electron chi connectivity index (χ0n) is 16.9. The first-order chi connectivity index (χ1) is 14.4. The fourth-order valence-corrected chi connectivity index (χ4v) is 4.63. The lowest BCUT2D eigenvalue weighted by Gasteiger charge is -2.25. The maximum atomic E-state index is 6.06. The Morgan fingerprint density at radius 1 is 1.00 bits per heavy atom. The zero-order chi connectivity index (χ0) is 19.7. The Balaban J connectivity index is 1.34. The normalized spacial score (nSPS) is 18.2. The molecule has 0 N–H and O–H groups in total. The van der Waals surface area contributed by atoms with Crippen molar-refractivity contribution in [3.63, 3.8) is 0 Å². The lowest BCUT2D eigenvalue weighted by molar-refractivity contribution is -0.0493. The highest BCUT2D eigenvalue weighted by atomic mass is 32.2. The van der Waals surface area contributed by atoms with Gasteiger partial charge in [-0.25, -0.2) is 4.98 Å². The molecule has 0 saturated carbocycles. The summed E-state index contributed by atoms with van der Waals surface area (Å²) in [5, 5.41) is 0. The Hall–Kier alpha value is -1.60. The van der Waals surface area contributed by atoms with Crippen molar-refractivity contribution < 1.29 is 14.2 Å². The van der Waals surface area contributed by atoms with Crippen LogP contribution in [0.15, 0.2) is 42.5 Å². The van der Waals surface area contributed by atoms with Crippen LogP contribution in [0.1, 0.15) is 36.1 Å². The Morgan fingerprint density at radius 2 is 1.79 bits per heavy atom. The lowest BCUT2D eigenvalue weighted by Crippen LogP contribution is -2.33. The van der Waals surface area contributed by atoms with E-state index in [9.17, 15) is 0 Å². The van der Waals surface area contributed by atoms with Crippen molar-refractivity contribution in [1.82, 2.24) is 9.88 Å². The molecule has 0 atom stereocenters. The molecule has 5 nitrogen and oxygen atoms in total. The van der Waals surface area contributed by atoms with Crippen LogP contribution in [0, 0.1) is 0 Å². The number of hydrogen-bond donors (Lipinski definition) is 0. The van der Waals surface area contributed by atoms with Crippen molar-refractivity contribution in [3.05, 3.63) is 59.4 Å². The topological polar surface area (TPSA) is 43.8 Å². The van der Waals surface area contributed by atoms with E-state index in [0.29, 0.717) is 19.8 Å². The number of nitrogens with zero attached hydrogens (tertiary/aromatic N) is 2. The second kappa shape index (κ2) is 11.0. The quantitative estimate of drug-likeness (QED) is 0.576. The summed E-state index contributed by atoms with van der Waals surface area (Å²) in [4.78, 5) is 7.44. The van der Waals surface area contributed by atoms with Gasteiger partial charge in [0.25, 0.3) is 0 Å². The number of aromatic nitrogens is 1. The first kappa shape index (κ1) is 20.7. The maximum Gasteiger partial charge on any atom is 0.205 e. The SMILES string of the molecule is c1ccc(COc2ccc(CCCCN3CCSCC3)nc2C2OCCO2)cc1. The summed E-state index contributed by atoms with van der Waals surface area (Å²) in [5.41, 5.74) is 2.98. The van der Waals surface area contributed by atoms with Gasteiger partial charge in [0.2, 0.25) is 6.29 Å². The molecule has 0 amide bonds. The van der Waals surface area contributed by atoms with Crippen LogP contribution < -0.4 is 4.74 Å². The van der Waals surface area contributed by atoms with E-state index in [4.69, 9.17) is 19.2 Å². The molecule has 1 aromatic carbocycles. The molecule has 0 bridgehead atoms. The van der Waals surface area contributed by atoms with E-state index >= 15 is 0 Å². The monoisotopic (exact) mass is 414 g/mol. The molecule has 4 rings (SSSR count). The lowest BCUT2D eigenvalue weighted by atomic mass is 10.1. The van der Waals surface area contributed by atoms with E-state index in [1.165, 1.54) is 37.6 Å². The van der Waals surface area contributed by atoms with Gasteiger partial charge in [0, 0.05) is 30.3 Å². The van der Waals surface area contributed by atoms with Crippen LogP contribution in [-0.4, -0.2) is 54.2 Å². The molecule has 6 heteroatoms. The highest BCUT2D eigenvalue weighted by molar-refractivity contribution is 7.99. The van der Waals surface area contributed by atoms with E-state index in [1.807, 2.05) is 24.3 Å². The van der Waals surface area contributed by atoms with Crippen molar-refractivity contribution in [3.8, 4) is 5.75 Å². The summed E-state index contributed by atoms with van der Waals surface area (Å²) < 4.78 is 17.5. The molecule has 156 valence electrons. The molecule has 0 spiro atoms. The Bertz CT molecular complexity index is 747. The summed E-state index contributed by atoms with van der Waals surface area (Å²) in [7, 11) is 0. The van der Waals surface area contributed by atoms with Crippen molar-refractivity contribution in [2.75, 3.05) is 44.4 Å². The van der Waals surface area contributed by atoms with Crippen molar-refractivity contribution in [1.29, 1.82) is 0 Å². The number of thioether (sulfide) groups is 1. The van der Waals surface area contributed by atoms with Gasteiger partial charge in [0.1, 0.15) is 18.1 Å². The number of aryl methyl sites for hydroxylation is 1. The molecular weight excluding hydrogens is 384 g/mol. The summed E-state index contributed by atoms with van der Waals surface area (Å²) >= 11 is 2.06. The van der Waals surface area contributed by atoms with Gasteiger partial charge in [-0.05, 0) is 43.5 Å². The van der Waals surface area contributed by atoms with Gasteiger partial charge in [0.05, 0.1) is 13.2 Å². The minimum absolute atomic E-state index is 0.424.